The monoisotopic (exact) mass is 350 g/mol. The van der Waals surface area contributed by atoms with E-state index < -0.39 is 5.41 Å². The molecule has 122 valence electrons. The second-order valence-corrected chi connectivity index (χ2v) is 6.53. The first-order valence-corrected chi connectivity index (χ1v) is 8.49. The fourth-order valence-corrected chi connectivity index (χ4v) is 3.72. The van der Waals surface area contributed by atoms with Crippen molar-refractivity contribution in [2.24, 2.45) is 10.4 Å². The molecule has 1 aromatic rings. The van der Waals surface area contributed by atoms with Crippen molar-refractivity contribution in [3.63, 3.8) is 0 Å². The summed E-state index contributed by atoms with van der Waals surface area (Å²) >= 11 is 11.7. The maximum atomic E-state index is 12.5. The summed E-state index contributed by atoms with van der Waals surface area (Å²) in [5, 5.41) is 3.92. The predicted octanol–water partition coefficient (Wildman–Crippen LogP) is 3.00. The van der Waals surface area contributed by atoms with Gasteiger partial charge in [-0.25, -0.2) is 4.99 Å². The number of rotatable bonds is 3. The molecule has 1 amide bonds. The van der Waals surface area contributed by atoms with Crippen molar-refractivity contribution in [2.45, 2.75) is 26.7 Å². The Morgan fingerprint density at radius 2 is 2.04 bits per heavy atom. The first kappa shape index (κ1) is 16.2. The van der Waals surface area contributed by atoms with Gasteiger partial charge < -0.3 is 10.2 Å². The Labute approximate surface area is 146 Å². The minimum absolute atomic E-state index is 0.0475. The van der Waals surface area contributed by atoms with Crippen molar-refractivity contribution < 1.29 is 4.79 Å². The Morgan fingerprint density at radius 3 is 2.70 bits per heavy atom. The van der Waals surface area contributed by atoms with Gasteiger partial charge in [-0.15, -0.1) is 0 Å². The number of amides is 1. The van der Waals surface area contributed by atoms with Gasteiger partial charge in [0.05, 0.1) is 10.7 Å². The van der Waals surface area contributed by atoms with Gasteiger partial charge in [0.25, 0.3) is 0 Å². The molecule has 23 heavy (non-hydrogen) atoms. The van der Waals surface area contributed by atoms with Crippen molar-refractivity contribution in [3.8, 4) is 0 Å². The summed E-state index contributed by atoms with van der Waals surface area (Å²) in [5.41, 5.74) is 0.310. The third-order valence-electron chi connectivity index (χ3n) is 4.69. The van der Waals surface area contributed by atoms with Crippen LogP contribution in [0.2, 0.25) is 5.02 Å². The molecular formula is C16H19ClN4OS. The lowest BCUT2D eigenvalue weighted by molar-refractivity contribution is -0.127. The molecule has 0 unspecified atom stereocenters. The number of carbonyl (C=O) groups is 1. The molecule has 0 atom stereocenters. The van der Waals surface area contributed by atoms with Gasteiger partial charge in [0.2, 0.25) is 5.91 Å². The SMILES string of the molecule is CCC1(CC)C(=O)NC(=S)N2CN(c3ccccc3Cl)CN=C21. The Kier molecular flexibility index (Phi) is 4.29. The van der Waals surface area contributed by atoms with Gasteiger partial charge in [-0.05, 0) is 37.2 Å². The highest BCUT2D eigenvalue weighted by atomic mass is 35.5. The number of nitrogens with zero attached hydrogens (tertiary/aromatic N) is 3. The van der Waals surface area contributed by atoms with Gasteiger partial charge in [0.1, 0.15) is 24.6 Å². The fraction of sp³-hybridized carbons (Fsp3) is 0.438. The van der Waals surface area contributed by atoms with Crippen LogP contribution in [0.3, 0.4) is 0 Å². The van der Waals surface area contributed by atoms with Crippen LogP contribution < -0.4 is 10.2 Å². The second-order valence-electron chi connectivity index (χ2n) is 5.73. The van der Waals surface area contributed by atoms with E-state index in [0.29, 0.717) is 36.3 Å². The van der Waals surface area contributed by atoms with Crippen molar-refractivity contribution in [3.05, 3.63) is 29.3 Å². The third-order valence-corrected chi connectivity index (χ3v) is 5.33. The molecule has 0 aromatic heterocycles. The highest BCUT2D eigenvalue weighted by molar-refractivity contribution is 7.80. The van der Waals surface area contributed by atoms with Crippen molar-refractivity contribution >= 4 is 46.4 Å². The standard InChI is InChI=1S/C16H19ClN4OS/c1-3-16(4-2)13-18-9-20(12-8-6-5-7-11(12)17)10-21(13)15(23)19-14(16)22/h5-8H,3-4,9-10H2,1-2H3,(H,19,22,23). The number of hydrogen-bond donors (Lipinski definition) is 1. The van der Waals surface area contributed by atoms with Crippen LogP contribution in [0.25, 0.3) is 0 Å². The number of carbonyl (C=O) groups excluding carboxylic acids is 1. The van der Waals surface area contributed by atoms with Crippen LogP contribution in [-0.4, -0.2) is 35.1 Å². The summed E-state index contributed by atoms with van der Waals surface area (Å²) < 4.78 is 0. The van der Waals surface area contributed by atoms with Crippen LogP contribution in [0.1, 0.15) is 26.7 Å². The lowest BCUT2D eigenvalue weighted by atomic mass is 9.78. The molecule has 0 radical (unpaired) electrons. The fourth-order valence-electron chi connectivity index (χ4n) is 3.22. The summed E-state index contributed by atoms with van der Waals surface area (Å²) in [6.07, 6.45) is 1.39. The zero-order valence-electron chi connectivity index (χ0n) is 13.2. The number of aliphatic imine (C=N–C) groups is 1. The van der Waals surface area contributed by atoms with E-state index in [1.54, 1.807) is 0 Å². The van der Waals surface area contributed by atoms with Crippen molar-refractivity contribution in [1.29, 1.82) is 0 Å². The van der Waals surface area contributed by atoms with Gasteiger partial charge in [-0.3, -0.25) is 9.69 Å². The van der Waals surface area contributed by atoms with E-state index in [1.165, 1.54) is 0 Å². The first-order valence-electron chi connectivity index (χ1n) is 7.71. The molecule has 7 heteroatoms. The highest BCUT2D eigenvalue weighted by Gasteiger charge is 2.49. The summed E-state index contributed by atoms with van der Waals surface area (Å²) in [6.45, 7) is 5.02. The van der Waals surface area contributed by atoms with Crippen molar-refractivity contribution in [2.75, 3.05) is 18.2 Å². The molecule has 1 fully saturated rings. The smallest absolute Gasteiger partial charge is 0.239 e. The number of para-hydroxylation sites is 1. The molecule has 0 saturated carbocycles. The van der Waals surface area contributed by atoms with Crippen LogP contribution in [0.5, 0.6) is 0 Å². The van der Waals surface area contributed by atoms with E-state index in [9.17, 15) is 4.79 Å². The zero-order valence-corrected chi connectivity index (χ0v) is 14.7. The van der Waals surface area contributed by atoms with E-state index in [-0.39, 0.29) is 5.91 Å². The molecule has 1 saturated heterocycles. The van der Waals surface area contributed by atoms with Crippen molar-refractivity contribution in [1.82, 2.24) is 10.2 Å². The maximum absolute atomic E-state index is 12.5. The van der Waals surface area contributed by atoms with Gasteiger partial charge in [-0.1, -0.05) is 37.6 Å². The van der Waals surface area contributed by atoms with E-state index in [2.05, 4.69) is 5.32 Å². The highest BCUT2D eigenvalue weighted by Crippen LogP contribution is 2.36. The average molecular weight is 351 g/mol. The van der Waals surface area contributed by atoms with Crippen LogP contribution >= 0.6 is 23.8 Å². The molecule has 0 aliphatic carbocycles. The molecule has 2 aliphatic rings. The molecular weight excluding hydrogens is 332 g/mol. The van der Waals surface area contributed by atoms with Gasteiger partial charge in [0, 0.05) is 0 Å². The minimum Gasteiger partial charge on any atom is -0.332 e. The third kappa shape index (κ3) is 2.50. The molecule has 0 bridgehead atoms. The predicted molar refractivity (Wildman–Crippen MR) is 96.7 cm³/mol. The normalized spacial score (nSPS) is 20.0. The topological polar surface area (TPSA) is 47.9 Å². The number of thiocarbonyl (C=S) groups is 1. The largest absolute Gasteiger partial charge is 0.332 e. The maximum Gasteiger partial charge on any atom is 0.239 e. The van der Waals surface area contributed by atoms with Crippen LogP contribution in [0, 0.1) is 5.41 Å². The number of benzene rings is 1. The van der Waals surface area contributed by atoms with E-state index >= 15 is 0 Å². The number of halogens is 1. The van der Waals surface area contributed by atoms with Crippen LogP contribution in [-0.2, 0) is 4.79 Å². The van der Waals surface area contributed by atoms with Crippen LogP contribution in [0.4, 0.5) is 5.69 Å². The van der Waals surface area contributed by atoms with Gasteiger partial charge in [0.15, 0.2) is 5.11 Å². The molecule has 0 spiro atoms. The lowest BCUT2D eigenvalue weighted by Gasteiger charge is -2.47. The summed E-state index contributed by atoms with van der Waals surface area (Å²) in [6, 6.07) is 7.66. The molecule has 2 aliphatic heterocycles. The molecule has 5 nitrogen and oxygen atoms in total. The number of amidine groups is 1. The number of fused-ring (bicyclic) bond motifs is 1. The van der Waals surface area contributed by atoms with Gasteiger partial charge >= 0.3 is 0 Å². The first-order chi connectivity index (χ1) is 11.0. The summed E-state index contributed by atoms with van der Waals surface area (Å²) in [5.74, 6) is 0.730. The number of anilines is 1. The van der Waals surface area contributed by atoms with E-state index in [4.69, 9.17) is 28.8 Å². The summed E-state index contributed by atoms with van der Waals surface area (Å²) in [4.78, 5) is 21.2. The Bertz CT molecular complexity index is 686. The zero-order chi connectivity index (χ0) is 16.6. The van der Waals surface area contributed by atoms with Crippen LogP contribution in [0.15, 0.2) is 29.3 Å². The second kappa shape index (κ2) is 6.09. The number of nitrogens with one attached hydrogen (secondary N) is 1. The molecule has 1 aromatic carbocycles. The van der Waals surface area contributed by atoms with Gasteiger partial charge in [-0.2, -0.15) is 0 Å². The molecule has 3 rings (SSSR count). The average Bonchev–Trinajstić information content (AvgIpc) is 2.56. The molecule has 1 N–H and O–H groups in total. The Morgan fingerprint density at radius 1 is 1.35 bits per heavy atom. The lowest BCUT2D eigenvalue weighted by Crippen LogP contribution is -2.67. The van der Waals surface area contributed by atoms with E-state index in [0.717, 1.165) is 11.5 Å². The summed E-state index contributed by atoms with van der Waals surface area (Å²) in [7, 11) is 0. The Hall–Kier alpha value is -1.66. The number of hydrogen-bond acceptors (Lipinski definition) is 4. The quantitative estimate of drug-likeness (QED) is 0.851. The Balaban J connectivity index is 1.99. The van der Waals surface area contributed by atoms with E-state index in [1.807, 2.05) is 47.9 Å². The molecule has 2 heterocycles. The minimum atomic E-state index is -0.602.